The summed E-state index contributed by atoms with van der Waals surface area (Å²) in [6, 6.07) is 7.62. The van der Waals surface area contributed by atoms with E-state index in [-0.39, 0.29) is 6.61 Å². The van der Waals surface area contributed by atoms with Gasteiger partial charge in [-0.15, -0.1) is 0 Å². The van der Waals surface area contributed by atoms with Crippen molar-refractivity contribution in [3.63, 3.8) is 0 Å². The molecule has 0 radical (unpaired) electrons. The second kappa shape index (κ2) is 15.8. The lowest BCUT2D eigenvalue weighted by Crippen LogP contribution is -2.14. The lowest BCUT2D eigenvalue weighted by atomic mass is 10.0. The molecule has 0 spiro atoms. The molecule has 0 saturated carbocycles. The number of benzene rings is 1. The molecule has 0 saturated heterocycles. The number of unbranched alkanes of at least 4 members (excludes halogenated alkanes) is 7. The van der Waals surface area contributed by atoms with Crippen LogP contribution < -0.4 is 4.74 Å². The van der Waals surface area contributed by atoms with E-state index >= 15 is 0 Å². The van der Waals surface area contributed by atoms with Gasteiger partial charge >= 0.3 is 0 Å². The smallest absolute Gasteiger partial charge is 0.159 e. The predicted octanol–water partition coefficient (Wildman–Crippen LogP) is 8.37. The molecule has 3 nitrogen and oxygen atoms in total. The highest BCUT2D eigenvalue weighted by Gasteiger charge is 2.10. The zero-order valence-electron chi connectivity index (χ0n) is 20.5. The predicted molar refractivity (Wildman–Crippen MR) is 133 cm³/mol. The molecule has 0 aliphatic carbocycles. The number of aromatic nitrogens is 2. The van der Waals surface area contributed by atoms with Crippen molar-refractivity contribution in [3.05, 3.63) is 42.2 Å². The molecule has 2 unspecified atom stereocenters. The van der Waals surface area contributed by atoms with Crippen molar-refractivity contribution in [2.24, 2.45) is 5.92 Å². The summed E-state index contributed by atoms with van der Waals surface area (Å²) in [5.41, 5.74) is 2.15. The Morgan fingerprint density at radius 3 is 2.09 bits per heavy atom. The molecule has 0 amide bonds. The van der Waals surface area contributed by atoms with E-state index in [0.29, 0.717) is 23.9 Å². The normalized spacial score (nSPS) is 13.1. The number of aryl methyl sites for hydroxylation is 1. The maximum absolute atomic E-state index is 14.0. The number of alkyl halides is 1. The van der Waals surface area contributed by atoms with Crippen LogP contribution in [0, 0.1) is 5.92 Å². The van der Waals surface area contributed by atoms with Gasteiger partial charge in [-0.05, 0) is 61.4 Å². The zero-order valence-corrected chi connectivity index (χ0v) is 20.5. The summed E-state index contributed by atoms with van der Waals surface area (Å²) < 4.78 is 19.6. The van der Waals surface area contributed by atoms with Crippen molar-refractivity contribution in [1.29, 1.82) is 0 Å². The maximum atomic E-state index is 14.0. The summed E-state index contributed by atoms with van der Waals surface area (Å²) >= 11 is 0. The van der Waals surface area contributed by atoms with Crippen LogP contribution in [-0.2, 0) is 6.42 Å². The lowest BCUT2D eigenvalue weighted by molar-refractivity contribution is 0.179. The summed E-state index contributed by atoms with van der Waals surface area (Å²) in [7, 11) is 0. The van der Waals surface area contributed by atoms with Crippen LogP contribution in [0.4, 0.5) is 4.39 Å². The molecule has 1 heterocycles. The van der Waals surface area contributed by atoms with Crippen LogP contribution in [0.25, 0.3) is 11.4 Å². The Labute approximate surface area is 195 Å². The van der Waals surface area contributed by atoms with Gasteiger partial charge in [-0.3, -0.25) is 0 Å². The number of nitrogens with zero attached hydrogens (tertiary/aromatic N) is 2. The van der Waals surface area contributed by atoms with Gasteiger partial charge in [-0.25, -0.2) is 14.4 Å². The van der Waals surface area contributed by atoms with Crippen molar-refractivity contribution in [2.45, 2.75) is 104 Å². The van der Waals surface area contributed by atoms with Gasteiger partial charge in [0, 0.05) is 18.0 Å². The van der Waals surface area contributed by atoms with Crippen LogP contribution in [0.2, 0.25) is 0 Å². The van der Waals surface area contributed by atoms with Gasteiger partial charge < -0.3 is 4.74 Å². The number of ether oxygens (including phenoxy) is 1. The SMILES string of the molecule is CCCCCCCCCCc1cnc(-c2ccc(OCC(F)CCC(C)CC)cc2)nc1. The van der Waals surface area contributed by atoms with Gasteiger partial charge in [0.2, 0.25) is 0 Å². The molecule has 1 aromatic heterocycles. The van der Waals surface area contributed by atoms with Crippen LogP contribution in [-0.4, -0.2) is 22.7 Å². The molecule has 2 atom stereocenters. The highest BCUT2D eigenvalue weighted by Crippen LogP contribution is 2.21. The Morgan fingerprint density at radius 2 is 1.47 bits per heavy atom. The second-order valence-electron chi connectivity index (χ2n) is 9.16. The first-order valence-corrected chi connectivity index (χ1v) is 12.8. The van der Waals surface area contributed by atoms with Gasteiger partial charge in [-0.1, -0.05) is 72.1 Å². The van der Waals surface area contributed by atoms with E-state index in [1.54, 1.807) is 0 Å². The van der Waals surface area contributed by atoms with Gasteiger partial charge in [0.05, 0.1) is 0 Å². The van der Waals surface area contributed by atoms with Crippen molar-refractivity contribution in [3.8, 4) is 17.1 Å². The van der Waals surface area contributed by atoms with Crippen LogP contribution in [0.3, 0.4) is 0 Å². The van der Waals surface area contributed by atoms with Gasteiger partial charge in [-0.2, -0.15) is 0 Å². The first kappa shape index (κ1) is 26.3. The van der Waals surface area contributed by atoms with E-state index < -0.39 is 6.17 Å². The summed E-state index contributed by atoms with van der Waals surface area (Å²) in [6.45, 7) is 6.68. The Balaban J connectivity index is 1.69. The lowest BCUT2D eigenvalue weighted by Gasteiger charge is -2.13. The molecular weight excluding hydrogens is 399 g/mol. The topological polar surface area (TPSA) is 35.0 Å². The van der Waals surface area contributed by atoms with Crippen LogP contribution >= 0.6 is 0 Å². The first-order valence-electron chi connectivity index (χ1n) is 12.8. The molecule has 2 aromatic rings. The van der Waals surface area contributed by atoms with E-state index in [2.05, 4.69) is 30.7 Å². The second-order valence-corrected chi connectivity index (χ2v) is 9.16. The van der Waals surface area contributed by atoms with E-state index in [9.17, 15) is 4.39 Å². The van der Waals surface area contributed by atoms with E-state index in [1.807, 2.05) is 36.7 Å². The quantitative estimate of drug-likeness (QED) is 0.231. The molecule has 0 aliphatic rings. The molecule has 178 valence electrons. The zero-order chi connectivity index (χ0) is 23.0. The van der Waals surface area contributed by atoms with Crippen LogP contribution in [0.5, 0.6) is 5.75 Å². The van der Waals surface area contributed by atoms with Gasteiger partial charge in [0.25, 0.3) is 0 Å². The number of halogens is 1. The summed E-state index contributed by atoms with van der Waals surface area (Å²) in [6.07, 6.45) is 17.2. The maximum Gasteiger partial charge on any atom is 0.159 e. The van der Waals surface area contributed by atoms with Crippen molar-refractivity contribution < 1.29 is 9.13 Å². The number of rotatable bonds is 17. The molecule has 0 aliphatic heterocycles. The number of hydrogen-bond acceptors (Lipinski definition) is 3. The third kappa shape index (κ3) is 10.6. The molecule has 32 heavy (non-hydrogen) atoms. The summed E-state index contributed by atoms with van der Waals surface area (Å²) in [5, 5.41) is 0. The molecule has 1 aromatic carbocycles. The Bertz CT molecular complexity index is 717. The van der Waals surface area contributed by atoms with Crippen molar-refractivity contribution in [2.75, 3.05) is 6.61 Å². The fourth-order valence-corrected chi connectivity index (χ4v) is 3.74. The highest BCUT2D eigenvalue weighted by molar-refractivity contribution is 5.55. The molecule has 0 bridgehead atoms. The highest BCUT2D eigenvalue weighted by atomic mass is 19.1. The molecule has 2 rings (SSSR count). The minimum absolute atomic E-state index is 0.111. The average molecular weight is 443 g/mol. The fraction of sp³-hybridized carbons (Fsp3) is 0.643. The monoisotopic (exact) mass is 442 g/mol. The third-order valence-corrected chi connectivity index (χ3v) is 6.24. The number of hydrogen-bond donors (Lipinski definition) is 0. The Morgan fingerprint density at radius 1 is 0.844 bits per heavy atom. The Hall–Kier alpha value is -1.97. The third-order valence-electron chi connectivity index (χ3n) is 6.24. The summed E-state index contributed by atoms with van der Waals surface area (Å²) in [4.78, 5) is 9.08. The Kier molecular flexibility index (Phi) is 13.0. The van der Waals surface area contributed by atoms with E-state index in [0.717, 1.165) is 24.8 Å². The van der Waals surface area contributed by atoms with Crippen LogP contribution in [0.15, 0.2) is 36.7 Å². The van der Waals surface area contributed by atoms with E-state index in [4.69, 9.17) is 4.74 Å². The largest absolute Gasteiger partial charge is 0.491 e. The van der Waals surface area contributed by atoms with Crippen LogP contribution in [0.1, 0.15) is 97.0 Å². The minimum Gasteiger partial charge on any atom is -0.491 e. The minimum atomic E-state index is -0.916. The fourth-order valence-electron chi connectivity index (χ4n) is 3.74. The van der Waals surface area contributed by atoms with Gasteiger partial charge in [0.15, 0.2) is 5.82 Å². The average Bonchev–Trinajstić information content (AvgIpc) is 2.83. The molecule has 0 N–H and O–H groups in total. The van der Waals surface area contributed by atoms with Crippen molar-refractivity contribution in [1.82, 2.24) is 9.97 Å². The molecular formula is C28H43FN2O. The molecule has 4 heteroatoms. The standard InChI is InChI=1S/C28H43FN2O/c1-4-6-7-8-9-10-11-12-13-24-20-30-28(31-21-24)25-15-18-27(19-16-25)32-22-26(29)17-14-23(3)5-2/h15-16,18-21,23,26H,4-14,17,22H2,1-3H3. The van der Waals surface area contributed by atoms with E-state index in [1.165, 1.54) is 56.9 Å². The first-order chi connectivity index (χ1) is 15.6. The van der Waals surface area contributed by atoms with Crippen molar-refractivity contribution >= 4 is 0 Å². The van der Waals surface area contributed by atoms with Gasteiger partial charge in [0.1, 0.15) is 18.5 Å². The summed E-state index contributed by atoms with van der Waals surface area (Å²) in [5.74, 6) is 1.97. The molecule has 0 fully saturated rings.